The highest BCUT2D eigenvalue weighted by Crippen LogP contribution is 2.38. The van der Waals surface area contributed by atoms with Gasteiger partial charge in [0, 0.05) is 19.4 Å². The van der Waals surface area contributed by atoms with Crippen LogP contribution in [0, 0.1) is 0 Å². The maximum absolute atomic E-state index is 14.0. The second-order valence-electron chi connectivity index (χ2n) is 12.6. The van der Waals surface area contributed by atoms with Crippen molar-refractivity contribution in [2.45, 2.75) is 75.3 Å². The van der Waals surface area contributed by atoms with E-state index in [-0.39, 0.29) is 48.8 Å². The first-order valence-electron chi connectivity index (χ1n) is 17.0. The lowest BCUT2D eigenvalue weighted by atomic mass is 10.0. The average Bonchev–Trinajstić information content (AvgIpc) is 3.11. The molecular formula is C32H46N8O16P2. The second kappa shape index (κ2) is 22.5. The Bertz CT molecular complexity index is 1870. The van der Waals surface area contributed by atoms with E-state index in [0.717, 1.165) is 12.1 Å². The normalized spacial score (nSPS) is 14.5. The topological polar surface area (TPSA) is 415 Å². The highest BCUT2D eigenvalue weighted by molar-refractivity contribution is 7.47. The zero-order chi connectivity index (χ0) is 43.8. The number of aldehydes is 1. The van der Waals surface area contributed by atoms with Crippen LogP contribution in [0.3, 0.4) is 0 Å². The fourth-order valence-electron chi connectivity index (χ4n) is 4.93. The number of nitrogens with two attached hydrogens (primary N) is 3. The first kappa shape index (κ1) is 48.7. The molecule has 24 nitrogen and oxygen atoms in total. The third-order valence-corrected chi connectivity index (χ3v) is 8.63. The number of aliphatic hydroxyl groups is 1. The van der Waals surface area contributed by atoms with E-state index in [0.29, 0.717) is 11.8 Å². The summed E-state index contributed by atoms with van der Waals surface area (Å²) in [5, 5.41) is 28.6. The first-order valence-corrected chi connectivity index (χ1v) is 20.1. The van der Waals surface area contributed by atoms with Crippen LogP contribution in [0.4, 0.5) is 0 Å². The number of hydrogen-bond donors (Lipinski definition) is 13. The van der Waals surface area contributed by atoms with Crippen molar-refractivity contribution in [2.75, 3.05) is 6.54 Å². The Kier molecular flexibility index (Phi) is 18.9. The van der Waals surface area contributed by atoms with Crippen LogP contribution in [-0.2, 0) is 50.7 Å². The molecule has 4 amide bonds. The summed E-state index contributed by atoms with van der Waals surface area (Å²) >= 11 is 0. The molecular weight excluding hydrogens is 814 g/mol. The van der Waals surface area contributed by atoms with Gasteiger partial charge < -0.3 is 62.5 Å². The fourth-order valence-corrected chi connectivity index (χ4v) is 5.72. The maximum Gasteiger partial charge on any atom is 0.524 e. The fraction of sp³-hybridized carbons (Fsp3) is 0.406. The van der Waals surface area contributed by atoms with E-state index >= 15 is 0 Å². The van der Waals surface area contributed by atoms with Gasteiger partial charge in [-0.3, -0.25) is 48.5 Å². The van der Waals surface area contributed by atoms with Crippen molar-refractivity contribution >= 4 is 57.5 Å². The number of carboxylic acid groups (broad SMARTS) is 1. The molecule has 0 fully saturated rings. The van der Waals surface area contributed by atoms with Gasteiger partial charge in [0.2, 0.25) is 23.6 Å². The van der Waals surface area contributed by atoms with Crippen LogP contribution in [0.1, 0.15) is 37.3 Å². The number of aliphatic hydroxyl groups excluding tert-OH is 1. The van der Waals surface area contributed by atoms with E-state index in [2.05, 4.69) is 35.3 Å². The number of phosphoric ester groups is 2. The number of carboxylic acids is 1. The van der Waals surface area contributed by atoms with E-state index in [4.69, 9.17) is 36.8 Å². The predicted octanol–water partition coefficient (Wildman–Crippen LogP) is -3.21. The van der Waals surface area contributed by atoms with Crippen molar-refractivity contribution in [3.63, 3.8) is 0 Å². The van der Waals surface area contributed by atoms with Crippen molar-refractivity contribution in [2.24, 2.45) is 22.2 Å². The number of carbonyl (C=O) groups excluding carboxylic acids is 5. The van der Waals surface area contributed by atoms with Crippen molar-refractivity contribution in [1.82, 2.24) is 21.3 Å². The van der Waals surface area contributed by atoms with Crippen LogP contribution in [0.25, 0.3) is 0 Å². The molecule has 0 radical (unpaired) electrons. The van der Waals surface area contributed by atoms with Crippen LogP contribution >= 0.6 is 15.6 Å². The number of nitrogens with one attached hydrogen (secondary N) is 4. The highest BCUT2D eigenvalue weighted by atomic mass is 31.2. The number of guanidine groups is 1. The quantitative estimate of drug-likeness (QED) is 0.0162. The summed E-state index contributed by atoms with van der Waals surface area (Å²) < 4.78 is 31.6. The molecule has 0 heterocycles. The molecule has 0 bridgehead atoms. The van der Waals surface area contributed by atoms with E-state index in [1.54, 1.807) is 0 Å². The molecule has 0 aliphatic carbocycles. The molecule has 0 saturated carbocycles. The van der Waals surface area contributed by atoms with Gasteiger partial charge >= 0.3 is 21.6 Å². The van der Waals surface area contributed by atoms with Crippen molar-refractivity contribution in [3.05, 3.63) is 59.7 Å². The third kappa shape index (κ3) is 18.7. The van der Waals surface area contributed by atoms with Crippen LogP contribution < -0.4 is 47.5 Å². The summed E-state index contributed by atoms with van der Waals surface area (Å²) in [6.45, 7) is 1.29. The maximum atomic E-state index is 14.0. The largest absolute Gasteiger partial charge is 0.524 e. The molecule has 2 aromatic carbocycles. The summed E-state index contributed by atoms with van der Waals surface area (Å²) in [5.41, 5.74) is 16.8. The minimum Gasteiger partial charge on any atom is -0.481 e. The molecule has 26 heteroatoms. The SMILES string of the molecule is C[C@@H](O)[C@H](N)C(=O)N[C@@H](CC(=O)O)C(=O)N[C@@H](Cc1ccc(OP(=O)(O)O)cc1)C(=O)N[C@@H](Cc1ccc(OP(=O)(O)O)cc1)C(=O)N[C@H](C=O)CCCN=C(N)N. The predicted molar refractivity (Wildman–Crippen MR) is 201 cm³/mol. The molecule has 0 aromatic heterocycles. The number of benzene rings is 2. The van der Waals surface area contributed by atoms with Crippen LogP contribution in [-0.4, -0.2) is 114 Å². The monoisotopic (exact) mass is 860 g/mol. The summed E-state index contributed by atoms with van der Waals surface area (Å²) in [4.78, 5) is 118. The molecule has 0 unspecified atom stereocenters. The van der Waals surface area contributed by atoms with Gasteiger partial charge in [-0.05, 0) is 55.2 Å². The van der Waals surface area contributed by atoms with Gasteiger partial charge in [-0.1, -0.05) is 24.3 Å². The minimum atomic E-state index is -4.95. The lowest BCUT2D eigenvalue weighted by Crippen LogP contribution is -2.59. The Morgan fingerprint density at radius 2 is 1.16 bits per heavy atom. The number of aliphatic imine (C=N–C) groups is 1. The lowest BCUT2D eigenvalue weighted by Gasteiger charge is -2.26. The van der Waals surface area contributed by atoms with Crippen molar-refractivity contribution in [3.8, 4) is 11.5 Å². The van der Waals surface area contributed by atoms with Crippen molar-refractivity contribution in [1.29, 1.82) is 0 Å². The van der Waals surface area contributed by atoms with Gasteiger partial charge in [-0.2, -0.15) is 0 Å². The third-order valence-electron chi connectivity index (χ3n) is 7.73. The first-order chi connectivity index (χ1) is 27.0. The second-order valence-corrected chi connectivity index (χ2v) is 14.9. The molecule has 2 rings (SSSR count). The molecule has 0 aliphatic rings. The smallest absolute Gasteiger partial charge is 0.481 e. The Morgan fingerprint density at radius 3 is 1.53 bits per heavy atom. The van der Waals surface area contributed by atoms with Gasteiger partial charge in [0.1, 0.15) is 42.0 Å². The number of phosphoric acid groups is 2. The molecule has 0 saturated heterocycles. The van der Waals surface area contributed by atoms with E-state index in [1.807, 2.05) is 0 Å². The van der Waals surface area contributed by atoms with Crippen LogP contribution in [0.15, 0.2) is 53.5 Å². The van der Waals surface area contributed by atoms with Crippen molar-refractivity contribution < 1.29 is 76.7 Å². The van der Waals surface area contributed by atoms with Gasteiger partial charge in [-0.25, -0.2) is 9.13 Å². The summed E-state index contributed by atoms with van der Waals surface area (Å²) in [5.74, 6) is -6.53. The number of hydrogen-bond acceptors (Lipinski definition) is 13. The van der Waals surface area contributed by atoms with Gasteiger partial charge in [0.15, 0.2) is 5.96 Å². The summed E-state index contributed by atoms with van der Waals surface area (Å²) in [7, 11) is -9.87. The number of amides is 4. The molecule has 2 aromatic rings. The molecule has 16 N–H and O–H groups in total. The standard InChI is InChI=1S/C32H46N8O16P2/c1-17(42)27(33)31(48)40-25(15-26(43)44)30(47)39-24(14-19-6-10-22(11-7-19)56-58(52,53)54)29(46)38-23(13-18-4-8-21(9-5-18)55-57(49,50)51)28(45)37-20(16-41)3-2-12-36-32(34)35/h4-11,16-17,20,23-25,27,42H,2-3,12-15,33H2,1H3,(H,37,45)(H,38,46)(H,39,47)(H,40,48)(H,43,44)(H4,34,35,36)(H2,49,50,51)(H2,52,53,54)/t17-,20+,23+,24+,25+,27+/m1/s1. The number of nitrogens with zero attached hydrogens (tertiary/aromatic N) is 1. The van der Waals surface area contributed by atoms with E-state index in [9.17, 15) is 48.1 Å². The van der Waals surface area contributed by atoms with Crippen LogP contribution in [0.2, 0.25) is 0 Å². The van der Waals surface area contributed by atoms with Crippen LogP contribution in [0.5, 0.6) is 11.5 Å². The lowest BCUT2D eigenvalue weighted by molar-refractivity contribution is -0.141. The zero-order valence-electron chi connectivity index (χ0n) is 30.7. The zero-order valence-corrected chi connectivity index (χ0v) is 32.5. The summed E-state index contributed by atoms with van der Waals surface area (Å²) in [6.07, 6.45) is -2.39. The Morgan fingerprint density at radius 1 is 0.741 bits per heavy atom. The number of carbonyl (C=O) groups is 6. The number of rotatable bonds is 24. The average molecular weight is 861 g/mol. The number of aliphatic carboxylic acids is 1. The van der Waals surface area contributed by atoms with Gasteiger partial charge in [-0.15, -0.1) is 0 Å². The Balaban J connectivity index is 2.52. The molecule has 320 valence electrons. The minimum absolute atomic E-state index is 0.0664. The summed E-state index contributed by atoms with van der Waals surface area (Å²) in [6, 6.07) is 2.10. The van der Waals surface area contributed by atoms with Gasteiger partial charge in [0.25, 0.3) is 0 Å². The van der Waals surface area contributed by atoms with Gasteiger partial charge in [0.05, 0.1) is 18.6 Å². The Hall–Kier alpha value is -5.45. The molecule has 0 aliphatic heterocycles. The van der Waals surface area contributed by atoms with E-state index < -0.39 is 94.4 Å². The molecule has 58 heavy (non-hydrogen) atoms. The molecule has 6 atom stereocenters. The highest BCUT2D eigenvalue weighted by Gasteiger charge is 2.33. The van der Waals surface area contributed by atoms with E-state index in [1.165, 1.54) is 43.3 Å². The molecule has 0 spiro atoms. The Labute approximate surface area is 330 Å².